The molecule has 104 valence electrons. The minimum atomic E-state index is -0.520. The molecule has 2 rings (SSSR count). The van der Waals surface area contributed by atoms with Gasteiger partial charge in [0.1, 0.15) is 0 Å². The van der Waals surface area contributed by atoms with Crippen molar-refractivity contribution >= 4 is 17.5 Å². The summed E-state index contributed by atoms with van der Waals surface area (Å²) in [6, 6.07) is 4.28. The summed E-state index contributed by atoms with van der Waals surface area (Å²) in [4.78, 5) is 14.0. The van der Waals surface area contributed by atoms with Crippen molar-refractivity contribution in [1.29, 1.82) is 0 Å². The van der Waals surface area contributed by atoms with Gasteiger partial charge in [0.2, 0.25) is 0 Å². The van der Waals surface area contributed by atoms with Gasteiger partial charge in [0.25, 0.3) is 5.91 Å². The monoisotopic (exact) mass is 285 g/mol. The molecule has 0 spiro atoms. The lowest BCUT2D eigenvalue weighted by Gasteiger charge is -2.34. The second-order valence-electron chi connectivity index (χ2n) is 4.88. The smallest absolute Gasteiger partial charge is 0.253 e. The number of carbonyl (C=O) groups is 1. The number of alkyl halides is 1. The van der Waals surface area contributed by atoms with Crippen LogP contribution in [0, 0.1) is 11.7 Å². The molecule has 0 N–H and O–H groups in total. The molecule has 19 heavy (non-hydrogen) atoms. The maximum Gasteiger partial charge on any atom is 0.253 e. The summed E-state index contributed by atoms with van der Waals surface area (Å²) in [6.45, 7) is 3.25. The Hall–Kier alpha value is -1.29. The molecule has 1 saturated heterocycles. The summed E-state index contributed by atoms with van der Waals surface area (Å²) >= 11 is 6.13. The number of carbonyl (C=O) groups excluding carboxylic acids is 1. The fraction of sp³-hybridized carbons (Fsp3) is 0.500. The molecular weight excluding hydrogens is 269 g/mol. The van der Waals surface area contributed by atoms with Crippen LogP contribution in [-0.4, -0.2) is 36.4 Å². The predicted octanol–water partition coefficient (Wildman–Crippen LogP) is 2.92. The van der Waals surface area contributed by atoms with Crippen molar-refractivity contribution in [2.24, 2.45) is 5.92 Å². The molecule has 2 unspecified atom stereocenters. The number of likely N-dealkylation sites (tertiary alicyclic amines) is 1. The Morgan fingerprint density at radius 2 is 2.26 bits per heavy atom. The Morgan fingerprint density at radius 1 is 1.53 bits per heavy atom. The van der Waals surface area contributed by atoms with Crippen LogP contribution < -0.4 is 4.74 Å². The second kappa shape index (κ2) is 5.78. The minimum Gasteiger partial charge on any atom is -0.494 e. The topological polar surface area (TPSA) is 29.5 Å². The third kappa shape index (κ3) is 3.00. The average molecular weight is 286 g/mol. The Bertz CT molecular complexity index is 481. The van der Waals surface area contributed by atoms with Crippen molar-refractivity contribution < 1.29 is 13.9 Å². The molecule has 1 aliphatic rings. The first-order valence-electron chi connectivity index (χ1n) is 6.29. The molecular formula is C14H17ClFNO2. The van der Waals surface area contributed by atoms with E-state index < -0.39 is 5.82 Å². The van der Waals surface area contributed by atoms with Crippen molar-refractivity contribution in [3.8, 4) is 5.75 Å². The van der Waals surface area contributed by atoms with E-state index in [9.17, 15) is 9.18 Å². The lowest BCUT2D eigenvalue weighted by molar-refractivity contribution is 0.0686. The maximum absolute atomic E-state index is 13.6. The number of rotatable bonds is 2. The first-order chi connectivity index (χ1) is 9.02. The molecule has 0 bridgehead atoms. The van der Waals surface area contributed by atoms with Gasteiger partial charge in [-0.1, -0.05) is 6.92 Å². The van der Waals surface area contributed by atoms with Gasteiger partial charge in [0, 0.05) is 24.0 Å². The molecule has 3 nitrogen and oxygen atoms in total. The van der Waals surface area contributed by atoms with E-state index in [0.717, 1.165) is 6.42 Å². The molecule has 0 aliphatic carbocycles. The Balaban J connectivity index is 2.13. The Morgan fingerprint density at radius 3 is 2.84 bits per heavy atom. The highest BCUT2D eigenvalue weighted by atomic mass is 35.5. The van der Waals surface area contributed by atoms with Gasteiger partial charge in [-0.15, -0.1) is 11.6 Å². The maximum atomic E-state index is 13.6. The molecule has 2 atom stereocenters. The third-order valence-electron chi connectivity index (χ3n) is 3.49. The number of benzene rings is 1. The first kappa shape index (κ1) is 14.1. The van der Waals surface area contributed by atoms with Crippen LogP contribution in [0.1, 0.15) is 23.7 Å². The summed E-state index contributed by atoms with van der Waals surface area (Å²) in [6.07, 6.45) is 0.771. The zero-order valence-electron chi connectivity index (χ0n) is 11.0. The lowest BCUT2D eigenvalue weighted by Crippen LogP contribution is -2.43. The molecule has 0 saturated carbocycles. The number of piperidine rings is 1. The quantitative estimate of drug-likeness (QED) is 0.782. The van der Waals surface area contributed by atoms with E-state index in [-0.39, 0.29) is 23.0 Å². The highest BCUT2D eigenvalue weighted by molar-refractivity contribution is 6.20. The second-order valence-corrected chi connectivity index (χ2v) is 5.44. The molecule has 1 amide bonds. The first-order valence-corrected chi connectivity index (χ1v) is 6.73. The average Bonchev–Trinajstić information content (AvgIpc) is 2.41. The van der Waals surface area contributed by atoms with Crippen LogP contribution >= 0.6 is 11.6 Å². The molecule has 1 aliphatic heterocycles. The van der Waals surface area contributed by atoms with Gasteiger partial charge >= 0.3 is 0 Å². The molecule has 1 aromatic carbocycles. The highest BCUT2D eigenvalue weighted by Crippen LogP contribution is 2.24. The van der Waals surface area contributed by atoms with E-state index in [0.29, 0.717) is 18.7 Å². The number of nitrogens with zero attached hydrogens (tertiary/aromatic N) is 1. The van der Waals surface area contributed by atoms with Crippen molar-refractivity contribution in [2.75, 3.05) is 20.2 Å². The van der Waals surface area contributed by atoms with Crippen LogP contribution in [0.15, 0.2) is 18.2 Å². The van der Waals surface area contributed by atoms with Crippen LogP contribution in [0.5, 0.6) is 5.75 Å². The van der Waals surface area contributed by atoms with E-state index in [1.165, 1.54) is 19.2 Å². The van der Waals surface area contributed by atoms with Crippen molar-refractivity contribution in [3.05, 3.63) is 29.6 Å². The van der Waals surface area contributed by atoms with Crippen molar-refractivity contribution in [1.82, 2.24) is 4.90 Å². The Labute approximate surface area is 117 Å². The highest BCUT2D eigenvalue weighted by Gasteiger charge is 2.28. The molecule has 1 aromatic rings. The molecule has 1 fully saturated rings. The van der Waals surface area contributed by atoms with Crippen molar-refractivity contribution in [2.45, 2.75) is 18.7 Å². The number of halogens is 2. The summed E-state index contributed by atoms with van der Waals surface area (Å²) in [5.74, 6) is -0.280. The molecule has 1 heterocycles. The SMILES string of the molecule is COc1ccc(C(=O)N2CCC(Cl)C(C)C2)cc1F. The summed E-state index contributed by atoms with van der Waals surface area (Å²) in [5, 5.41) is 0.108. The van der Waals surface area contributed by atoms with E-state index in [4.69, 9.17) is 16.3 Å². The van der Waals surface area contributed by atoms with Crippen LogP contribution in [0.25, 0.3) is 0 Å². The third-order valence-corrected chi connectivity index (χ3v) is 4.13. The van der Waals surface area contributed by atoms with Gasteiger partial charge in [-0.05, 0) is 30.5 Å². The van der Waals surface area contributed by atoms with E-state index in [1.807, 2.05) is 6.92 Å². The summed E-state index contributed by atoms with van der Waals surface area (Å²) < 4.78 is 18.4. The number of hydrogen-bond acceptors (Lipinski definition) is 2. The van der Waals surface area contributed by atoms with Crippen LogP contribution in [0.3, 0.4) is 0 Å². The van der Waals surface area contributed by atoms with E-state index in [2.05, 4.69) is 0 Å². The Kier molecular flexibility index (Phi) is 4.30. The van der Waals surface area contributed by atoms with Crippen LogP contribution in [0.2, 0.25) is 0 Å². The van der Waals surface area contributed by atoms with Gasteiger partial charge in [-0.2, -0.15) is 0 Å². The van der Waals surface area contributed by atoms with Gasteiger partial charge < -0.3 is 9.64 Å². The summed E-state index contributed by atoms with van der Waals surface area (Å²) in [5.41, 5.74) is 0.346. The van der Waals surface area contributed by atoms with E-state index >= 15 is 0 Å². The fourth-order valence-electron chi connectivity index (χ4n) is 2.28. The number of methoxy groups -OCH3 is 1. The number of hydrogen-bond donors (Lipinski definition) is 0. The normalized spacial score (nSPS) is 23.3. The molecule has 0 radical (unpaired) electrons. The molecule has 5 heteroatoms. The standard InChI is InChI=1S/C14H17ClFNO2/c1-9-8-17(6-5-11(9)15)14(18)10-3-4-13(19-2)12(16)7-10/h3-4,7,9,11H,5-6,8H2,1-2H3. The fourth-order valence-corrected chi connectivity index (χ4v) is 2.46. The zero-order chi connectivity index (χ0) is 14.0. The van der Waals surface area contributed by atoms with Crippen LogP contribution in [0.4, 0.5) is 4.39 Å². The van der Waals surface area contributed by atoms with Gasteiger partial charge in [0.05, 0.1) is 7.11 Å². The lowest BCUT2D eigenvalue weighted by atomic mass is 9.99. The summed E-state index contributed by atoms with van der Waals surface area (Å²) in [7, 11) is 1.40. The zero-order valence-corrected chi connectivity index (χ0v) is 11.8. The largest absolute Gasteiger partial charge is 0.494 e. The molecule has 0 aromatic heterocycles. The van der Waals surface area contributed by atoms with Crippen LogP contribution in [-0.2, 0) is 0 Å². The van der Waals surface area contributed by atoms with Crippen molar-refractivity contribution in [3.63, 3.8) is 0 Å². The van der Waals surface area contributed by atoms with Gasteiger partial charge in [-0.25, -0.2) is 4.39 Å². The van der Waals surface area contributed by atoms with Gasteiger partial charge in [-0.3, -0.25) is 4.79 Å². The minimum absolute atomic E-state index is 0.108. The van der Waals surface area contributed by atoms with Gasteiger partial charge in [0.15, 0.2) is 11.6 Å². The number of amides is 1. The van der Waals surface area contributed by atoms with E-state index in [1.54, 1.807) is 11.0 Å². The number of ether oxygens (including phenoxy) is 1. The predicted molar refractivity (Wildman–Crippen MR) is 72.3 cm³/mol.